The molecule has 0 bridgehead atoms. The maximum absolute atomic E-state index is 10.8. The minimum absolute atomic E-state index is 0. The summed E-state index contributed by atoms with van der Waals surface area (Å²) in [7, 11) is 0. The van der Waals surface area contributed by atoms with Gasteiger partial charge in [-0.2, -0.15) is 0 Å². The summed E-state index contributed by atoms with van der Waals surface area (Å²) in [5.41, 5.74) is 7.17. The van der Waals surface area contributed by atoms with Crippen molar-refractivity contribution in [2.24, 2.45) is 5.73 Å². The van der Waals surface area contributed by atoms with E-state index in [0.29, 0.717) is 0 Å². The molecular weight excluding hydrogens is 254 g/mol. The highest BCUT2D eigenvalue weighted by Crippen LogP contribution is 2.29. The number of carbonyl (C=O) groups is 1. The van der Waals surface area contributed by atoms with E-state index in [1.165, 1.54) is 0 Å². The standard InChI is InChI=1S/C13H19NO3.ClH/c1-13(2,3)10-7-9(15)5-4-8(10)6-11(14)12(16)17;/h4-5,7,11,15H,6,14H2,1-3H3,(H,16,17);1H. The van der Waals surface area contributed by atoms with Crippen molar-refractivity contribution >= 4 is 18.4 Å². The van der Waals surface area contributed by atoms with Gasteiger partial charge in [-0.25, -0.2) is 0 Å². The fourth-order valence-corrected chi connectivity index (χ4v) is 1.76. The maximum atomic E-state index is 10.8. The van der Waals surface area contributed by atoms with Gasteiger partial charge in [-0.1, -0.05) is 26.8 Å². The Hall–Kier alpha value is -1.26. The molecule has 0 heterocycles. The lowest BCUT2D eigenvalue weighted by Crippen LogP contribution is -2.33. The number of benzene rings is 1. The highest BCUT2D eigenvalue weighted by Gasteiger charge is 2.21. The van der Waals surface area contributed by atoms with E-state index in [2.05, 4.69) is 0 Å². The lowest BCUT2D eigenvalue weighted by atomic mass is 9.82. The summed E-state index contributed by atoms with van der Waals surface area (Å²) in [5, 5.41) is 18.3. The number of carboxylic acids is 1. The number of aliphatic carboxylic acids is 1. The molecule has 1 aromatic rings. The third-order valence-electron chi connectivity index (χ3n) is 2.66. The van der Waals surface area contributed by atoms with Crippen molar-refractivity contribution in [3.05, 3.63) is 29.3 Å². The molecule has 4 nitrogen and oxygen atoms in total. The molecule has 1 atom stereocenters. The van der Waals surface area contributed by atoms with Gasteiger partial charge < -0.3 is 15.9 Å². The molecule has 0 amide bonds. The molecule has 1 unspecified atom stereocenters. The Morgan fingerprint density at radius 2 is 1.94 bits per heavy atom. The van der Waals surface area contributed by atoms with Crippen LogP contribution in [0.4, 0.5) is 0 Å². The number of phenolic OH excluding ortho intramolecular Hbond substituents is 1. The topological polar surface area (TPSA) is 83.5 Å². The molecule has 4 N–H and O–H groups in total. The Labute approximate surface area is 113 Å². The van der Waals surface area contributed by atoms with Crippen LogP contribution in [0.25, 0.3) is 0 Å². The summed E-state index contributed by atoms with van der Waals surface area (Å²) < 4.78 is 0. The second-order valence-corrected chi connectivity index (χ2v) is 5.24. The normalized spacial score (nSPS) is 12.7. The van der Waals surface area contributed by atoms with Gasteiger partial charge in [0.2, 0.25) is 0 Å². The van der Waals surface area contributed by atoms with E-state index < -0.39 is 12.0 Å². The molecular formula is C13H20ClNO3. The van der Waals surface area contributed by atoms with Gasteiger partial charge in [-0.05, 0) is 35.1 Å². The first-order valence-electron chi connectivity index (χ1n) is 5.52. The van der Waals surface area contributed by atoms with Crippen molar-refractivity contribution in [3.8, 4) is 5.75 Å². The van der Waals surface area contributed by atoms with Crippen molar-refractivity contribution in [2.75, 3.05) is 0 Å². The van der Waals surface area contributed by atoms with Gasteiger partial charge in [-0.15, -0.1) is 12.4 Å². The Morgan fingerprint density at radius 1 is 1.39 bits per heavy atom. The highest BCUT2D eigenvalue weighted by molar-refractivity contribution is 5.85. The SMILES string of the molecule is CC(C)(C)c1cc(O)ccc1CC(N)C(=O)O.Cl. The van der Waals surface area contributed by atoms with Crippen molar-refractivity contribution in [2.45, 2.75) is 38.6 Å². The summed E-state index contributed by atoms with van der Waals surface area (Å²) in [6.45, 7) is 6.03. The van der Waals surface area contributed by atoms with Crippen LogP contribution in [-0.2, 0) is 16.6 Å². The van der Waals surface area contributed by atoms with Gasteiger partial charge in [0.15, 0.2) is 0 Å². The summed E-state index contributed by atoms with van der Waals surface area (Å²) in [4.78, 5) is 10.8. The molecule has 18 heavy (non-hydrogen) atoms. The molecule has 0 saturated carbocycles. The van der Waals surface area contributed by atoms with Crippen LogP contribution in [0, 0.1) is 0 Å². The number of hydrogen-bond donors (Lipinski definition) is 3. The van der Waals surface area contributed by atoms with Gasteiger partial charge in [0.05, 0.1) is 0 Å². The van der Waals surface area contributed by atoms with Gasteiger partial charge in [0.25, 0.3) is 0 Å². The molecule has 0 radical (unpaired) electrons. The van der Waals surface area contributed by atoms with E-state index in [0.717, 1.165) is 11.1 Å². The van der Waals surface area contributed by atoms with Crippen LogP contribution in [-0.4, -0.2) is 22.2 Å². The van der Waals surface area contributed by atoms with Gasteiger partial charge in [-0.3, -0.25) is 4.79 Å². The lowest BCUT2D eigenvalue weighted by molar-refractivity contribution is -0.138. The quantitative estimate of drug-likeness (QED) is 0.787. The van der Waals surface area contributed by atoms with Gasteiger partial charge >= 0.3 is 5.97 Å². The zero-order chi connectivity index (χ0) is 13.2. The van der Waals surface area contributed by atoms with E-state index in [1.807, 2.05) is 20.8 Å². The molecule has 0 saturated heterocycles. The molecule has 0 aliphatic carbocycles. The summed E-state index contributed by atoms with van der Waals surface area (Å²) in [6.07, 6.45) is 0.266. The number of rotatable bonds is 3. The molecule has 0 aromatic heterocycles. The van der Waals surface area contributed by atoms with E-state index >= 15 is 0 Å². The summed E-state index contributed by atoms with van der Waals surface area (Å²) in [5.74, 6) is -0.833. The number of phenols is 1. The number of halogens is 1. The van der Waals surface area contributed by atoms with E-state index in [-0.39, 0.29) is 30.0 Å². The Balaban J connectivity index is 0.00000289. The minimum atomic E-state index is -1.02. The van der Waals surface area contributed by atoms with Crippen LogP contribution in [0.2, 0.25) is 0 Å². The maximum Gasteiger partial charge on any atom is 0.320 e. The van der Waals surface area contributed by atoms with Crippen LogP contribution in [0.1, 0.15) is 31.9 Å². The zero-order valence-corrected chi connectivity index (χ0v) is 11.6. The molecule has 0 spiro atoms. The molecule has 1 aromatic carbocycles. The van der Waals surface area contributed by atoms with Crippen molar-refractivity contribution in [3.63, 3.8) is 0 Å². The van der Waals surface area contributed by atoms with E-state index in [4.69, 9.17) is 10.8 Å². The summed E-state index contributed by atoms with van der Waals surface area (Å²) in [6, 6.07) is 4.04. The third kappa shape index (κ3) is 4.20. The lowest BCUT2D eigenvalue weighted by Gasteiger charge is -2.24. The van der Waals surface area contributed by atoms with E-state index in [1.54, 1.807) is 18.2 Å². The monoisotopic (exact) mass is 273 g/mol. The van der Waals surface area contributed by atoms with Crippen LogP contribution in [0.3, 0.4) is 0 Å². The fourth-order valence-electron chi connectivity index (χ4n) is 1.76. The average Bonchev–Trinajstić information content (AvgIpc) is 2.18. The first-order chi connectivity index (χ1) is 7.71. The number of aromatic hydroxyl groups is 1. The predicted molar refractivity (Wildman–Crippen MR) is 73.4 cm³/mol. The molecule has 1 rings (SSSR count). The van der Waals surface area contributed by atoms with E-state index in [9.17, 15) is 9.90 Å². The number of carboxylic acid groups (broad SMARTS) is 1. The van der Waals surface area contributed by atoms with Gasteiger partial charge in [0.1, 0.15) is 11.8 Å². The van der Waals surface area contributed by atoms with Gasteiger partial charge in [0, 0.05) is 0 Å². The Kier molecular flexibility index (Phi) is 5.64. The largest absolute Gasteiger partial charge is 0.508 e. The second-order valence-electron chi connectivity index (χ2n) is 5.24. The Morgan fingerprint density at radius 3 is 2.39 bits per heavy atom. The predicted octanol–water partition coefficient (Wildman–Crippen LogP) is 2.07. The minimum Gasteiger partial charge on any atom is -0.508 e. The molecule has 102 valence electrons. The zero-order valence-electron chi connectivity index (χ0n) is 10.8. The van der Waals surface area contributed by atoms with Crippen molar-refractivity contribution in [1.29, 1.82) is 0 Å². The highest BCUT2D eigenvalue weighted by atomic mass is 35.5. The molecule has 0 aliphatic rings. The van der Waals surface area contributed by atoms with Crippen LogP contribution < -0.4 is 5.73 Å². The number of hydrogen-bond acceptors (Lipinski definition) is 3. The third-order valence-corrected chi connectivity index (χ3v) is 2.66. The van der Waals surface area contributed by atoms with Crippen molar-refractivity contribution in [1.82, 2.24) is 0 Å². The first-order valence-corrected chi connectivity index (χ1v) is 5.52. The van der Waals surface area contributed by atoms with Crippen molar-refractivity contribution < 1.29 is 15.0 Å². The fraction of sp³-hybridized carbons (Fsp3) is 0.462. The molecule has 0 aliphatic heterocycles. The average molecular weight is 274 g/mol. The molecule has 5 heteroatoms. The summed E-state index contributed by atoms with van der Waals surface area (Å²) >= 11 is 0. The second kappa shape index (κ2) is 6.07. The first kappa shape index (κ1) is 16.7. The van der Waals surface area contributed by atoms with Crippen LogP contribution >= 0.6 is 12.4 Å². The van der Waals surface area contributed by atoms with Crippen LogP contribution in [0.5, 0.6) is 5.75 Å². The smallest absolute Gasteiger partial charge is 0.320 e. The number of nitrogens with two attached hydrogens (primary N) is 1. The van der Waals surface area contributed by atoms with Crippen LogP contribution in [0.15, 0.2) is 18.2 Å². The Bertz CT molecular complexity index is 427. The molecule has 0 fully saturated rings.